The Bertz CT molecular complexity index is 940. The Morgan fingerprint density at radius 2 is 2.17 bits per heavy atom. The van der Waals surface area contributed by atoms with Gasteiger partial charge in [0.25, 0.3) is 5.56 Å². The summed E-state index contributed by atoms with van der Waals surface area (Å²) in [5.41, 5.74) is 0.115. The predicted octanol–water partition coefficient (Wildman–Crippen LogP) is 1.12. The topological polar surface area (TPSA) is 109 Å². The van der Waals surface area contributed by atoms with Gasteiger partial charge in [0.1, 0.15) is 17.6 Å². The number of thiazole rings is 1. The van der Waals surface area contributed by atoms with Gasteiger partial charge >= 0.3 is 0 Å². The molecule has 2 amide bonds. The molecule has 0 unspecified atom stereocenters. The third-order valence-corrected chi connectivity index (χ3v) is 6.21. The first-order chi connectivity index (χ1) is 13.9. The monoisotopic (exact) mass is 420 g/mol. The first-order valence-corrected chi connectivity index (χ1v) is 10.9. The highest BCUT2D eigenvalue weighted by Gasteiger charge is 2.27. The zero-order valence-electron chi connectivity index (χ0n) is 17.1. The van der Waals surface area contributed by atoms with Gasteiger partial charge < -0.3 is 15.5 Å². The Kier molecular flexibility index (Phi) is 6.83. The molecule has 2 N–H and O–H groups in total. The second-order valence-electron chi connectivity index (χ2n) is 7.38. The summed E-state index contributed by atoms with van der Waals surface area (Å²) >= 11 is 1.27. The van der Waals surface area contributed by atoms with E-state index in [4.69, 9.17) is 0 Å². The summed E-state index contributed by atoms with van der Waals surface area (Å²) in [6.07, 6.45) is 3.94. The van der Waals surface area contributed by atoms with E-state index in [1.807, 2.05) is 20.8 Å². The Balaban J connectivity index is 1.78. The molecule has 1 aliphatic rings. The molecule has 1 aliphatic heterocycles. The molecule has 3 rings (SSSR count). The van der Waals surface area contributed by atoms with Gasteiger partial charge in [-0.3, -0.25) is 19.0 Å². The van der Waals surface area contributed by atoms with Crippen molar-refractivity contribution < 1.29 is 9.59 Å². The van der Waals surface area contributed by atoms with E-state index in [0.717, 1.165) is 25.8 Å². The van der Waals surface area contributed by atoms with Crippen LogP contribution in [0.5, 0.6) is 0 Å². The molecule has 0 radical (unpaired) electrons. The van der Waals surface area contributed by atoms with Crippen LogP contribution in [0.15, 0.2) is 11.1 Å². The molecule has 9 nitrogen and oxygen atoms in total. The van der Waals surface area contributed by atoms with Gasteiger partial charge in [-0.05, 0) is 33.1 Å². The summed E-state index contributed by atoms with van der Waals surface area (Å²) < 4.78 is 1.74. The van der Waals surface area contributed by atoms with E-state index in [0.29, 0.717) is 28.6 Å². The van der Waals surface area contributed by atoms with Crippen LogP contribution >= 0.6 is 11.3 Å². The van der Waals surface area contributed by atoms with Gasteiger partial charge in [0.2, 0.25) is 11.8 Å². The number of anilines is 1. The molecule has 1 fully saturated rings. The number of piperidine rings is 1. The molecule has 0 spiro atoms. The van der Waals surface area contributed by atoms with Crippen LogP contribution in [0.3, 0.4) is 0 Å². The third-order valence-electron chi connectivity index (χ3n) is 5.12. The minimum Gasteiger partial charge on any atom is -0.356 e. The van der Waals surface area contributed by atoms with E-state index in [1.165, 1.54) is 22.2 Å². The number of aromatic nitrogens is 3. The fourth-order valence-electron chi connectivity index (χ4n) is 3.34. The molecule has 0 aromatic carbocycles. The van der Waals surface area contributed by atoms with E-state index in [-0.39, 0.29) is 35.9 Å². The summed E-state index contributed by atoms with van der Waals surface area (Å²) in [7, 11) is 0. The summed E-state index contributed by atoms with van der Waals surface area (Å²) in [5.74, 6) is -0.233. The molecule has 158 valence electrons. The quantitative estimate of drug-likeness (QED) is 0.695. The van der Waals surface area contributed by atoms with Crippen molar-refractivity contribution in [3.05, 3.63) is 16.7 Å². The number of hydrogen-bond donors (Lipinski definition) is 2. The van der Waals surface area contributed by atoms with Crippen LogP contribution in [0.4, 0.5) is 5.13 Å². The minimum absolute atomic E-state index is 0.0573. The summed E-state index contributed by atoms with van der Waals surface area (Å²) in [5, 5.41) is 6.43. The highest BCUT2D eigenvalue weighted by molar-refractivity contribution is 7.22. The van der Waals surface area contributed by atoms with Gasteiger partial charge in [-0.15, -0.1) is 0 Å². The van der Waals surface area contributed by atoms with Crippen molar-refractivity contribution in [3.8, 4) is 0 Å². The van der Waals surface area contributed by atoms with E-state index in [1.54, 1.807) is 0 Å². The molecule has 2 aromatic rings. The van der Waals surface area contributed by atoms with Crippen molar-refractivity contribution in [2.45, 2.75) is 52.6 Å². The summed E-state index contributed by atoms with van der Waals surface area (Å²) in [6, 6.07) is 0.0573. The van der Waals surface area contributed by atoms with E-state index < -0.39 is 0 Å². The Hall–Kier alpha value is -2.49. The van der Waals surface area contributed by atoms with Gasteiger partial charge in [0.15, 0.2) is 10.8 Å². The van der Waals surface area contributed by atoms with Gasteiger partial charge in [0, 0.05) is 25.7 Å². The maximum atomic E-state index is 12.8. The fraction of sp³-hybridized carbons (Fsp3) is 0.632. The van der Waals surface area contributed by atoms with Gasteiger partial charge in [-0.1, -0.05) is 18.3 Å². The number of nitrogens with one attached hydrogen (secondary N) is 2. The first kappa shape index (κ1) is 21.2. The predicted molar refractivity (Wildman–Crippen MR) is 113 cm³/mol. The van der Waals surface area contributed by atoms with Crippen molar-refractivity contribution in [2.75, 3.05) is 24.5 Å². The molecule has 0 bridgehead atoms. The fourth-order valence-corrected chi connectivity index (χ4v) is 4.35. The number of rotatable bonds is 7. The van der Waals surface area contributed by atoms with Crippen LogP contribution in [0, 0.1) is 5.92 Å². The number of amides is 2. The normalized spacial score (nSPS) is 17.9. The zero-order chi connectivity index (χ0) is 21.0. The van der Waals surface area contributed by atoms with Crippen molar-refractivity contribution in [1.29, 1.82) is 0 Å². The highest BCUT2D eigenvalue weighted by atomic mass is 32.1. The highest BCUT2D eigenvalue weighted by Crippen LogP contribution is 2.29. The van der Waals surface area contributed by atoms with Crippen molar-refractivity contribution in [1.82, 2.24) is 25.2 Å². The van der Waals surface area contributed by atoms with Gasteiger partial charge in [0.05, 0.1) is 5.92 Å². The second kappa shape index (κ2) is 9.34. The SMILES string of the molecule is CCNC(=O)[C@H]1CCCN(c2nc3ncn(CC(=O)N[C@H](C)CC)c(=O)c3s2)C1. The number of carbonyl (C=O) groups excluding carboxylic acids is 2. The molecule has 10 heteroatoms. The first-order valence-electron chi connectivity index (χ1n) is 10.1. The molecule has 1 saturated heterocycles. The van der Waals surface area contributed by atoms with E-state index in [9.17, 15) is 14.4 Å². The summed E-state index contributed by atoms with van der Waals surface area (Å²) in [6.45, 7) is 7.74. The maximum absolute atomic E-state index is 12.8. The van der Waals surface area contributed by atoms with Crippen LogP contribution < -0.4 is 21.1 Å². The van der Waals surface area contributed by atoms with Gasteiger partial charge in [-0.2, -0.15) is 4.98 Å². The molecule has 0 saturated carbocycles. The number of nitrogens with zero attached hydrogens (tertiary/aromatic N) is 4. The van der Waals surface area contributed by atoms with Crippen molar-refractivity contribution in [2.24, 2.45) is 5.92 Å². The second-order valence-corrected chi connectivity index (χ2v) is 8.36. The average molecular weight is 421 g/mol. The lowest BCUT2D eigenvalue weighted by Gasteiger charge is -2.31. The van der Waals surface area contributed by atoms with Crippen molar-refractivity contribution in [3.63, 3.8) is 0 Å². The average Bonchev–Trinajstić information content (AvgIpc) is 3.15. The molecule has 3 heterocycles. The van der Waals surface area contributed by atoms with Crippen LogP contribution in [0.25, 0.3) is 10.3 Å². The lowest BCUT2D eigenvalue weighted by Crippen LogP contribution is -2.43. The zero-order valence-corrected chi connectivity index (χ0v) is 17.9. The van der Waals surface area contributed by atoms with E-state index in [2.05, 4.69) is 25.5 Å². The third kappa shape index (κ3) is 4.92. The lowest BCUT2D eigenvalue weighted by atomic mass is 9.97. The Labute approximate surface area is 173 Å². The number of hydrogen-bond acceptors (Lipinski definition) is 7. The van der Waals surface area contributed by atoms with Crippen LogP contribution in [-0.2, 0) is 16.1 Å². The molecule has 0 aliphatic carbocycles. The maximum Gasteiger partial charge on any atom is 0.273 e. The molecular weight excluding hydrogens is 392 g/mol. The van der Waals surface area contributed by atoms with E-state index >= 15 is 0 Å². The number of fused-ring (bicyclic) bond motifs is 1. The smallest absolute Gasteiger partial charge is 0.273 e. The standard InChI is InChI=1S/C19H28N6O3S/c1-4-12(3)22-14(26)10-25-11-21-16-15(18(25)28)29-19(23-16)24-8-6-7-13(9-24)17(27)20-5-2/h11-13H,4-10H2,1-3H3,(H,20,27)(H,22,26)/t12-,13+/m1/s1. The molecular formula is C19H28N6O3S. The van der Waals surface area contributed by atoms with Crippen molar-refractivity contribution >= 4 is 38.6 Å². The largest absolute Gasteiger partial charge is 0.356 e. The summed E-state index contributed by atoms with van der Waals surface area (Å²) in [4.78, 5) is 47.9. The van der Waals surface area contributed by atoms with Gasteiger partial charge in [-0.25, -0.2) is 4.98 Å². The molecule has 2 atom stereocenters. The van der Waals surface area contributed by atoms with Crippen LogP contribution in [-0.4, -0.2) is 52.0 Å². The Morgan fingerprint density at radius 1 is 1.38 bits per heavy atom. The lowest BCUT2D eigenvalue weighted by molar-refractivity contribution is -0.125. The van der Waals surface area contributed by atoms with Crippen LogP contribution in [0.1, 0.15) is 40.0 Å². The Morgan fingerprint density at radius 3 is 2.90 bits per heavy atom. The molecule has 2 aromatic heterocycles. The molecule has 29 heavy (non-hydrogen) atoms. The van der Waals surface area contributed by atoms with Crippen LogP contribution in [0.2, 0.25) is 0 Å². The number of carbonyl (C=O) groups is 2. The minimum atomic E-state index is -0.268.